The SMILES string of the molecule is CCCN(CC(=O)OCC)C(=O)c1cc2sccc2s1. The molecule has 0 aromatic carbocycles. The van der Waals surface area contributed by atoms with Crippen molar-refractivity contribution in [2.24, 2.45) is 0 Å². The van der Waals surface area contributed by atoms with Gasteiger partial charge in [-0.05, 0) is 30.9 Å². The molecule has 0 unspecified atom stereocenters. The van der Waals surface area contributed by atoms with Crippen LogP contribution in [0.3, 0.4) is 0 Å². The number of carbonyl (C=O) groups excluding carboxylic acids is 2. The summed E-state index contributed by atoms with van der Waals surface area (Å²) in [6.07, 6.45) is 0.810. The van der Waals surface area contributed by atoms with E-state index in [1.165, 1.54) is 11.3 Å². The van der Waals surface area contributed by atoms with E-state index in [1.54, 1.807) is 23.2 Å². The van der Waals surface area contributed by atoms with Crippen molar-refractivity contribution in [2.45, 2.75) is 20.3 Å². The Labute approximate surface area is 126 Å². The van der Waals surface area contributed by atoms with Gasteiger partial charge in [-0.15, -0.1) is 22.7 Å². The van der Waals surface area contributed by atoms with Crippen LogP contribution >= 0.6 is 22.7 Å². The smallest absolute Gasteiger partial charge is 0.325 e. The van der Waals surface area contributed by atoms with Crippen molar-refractivity contribution in [3.05, 3.63) is 22.4 Å². The lowest BCUT2D eigenvalue weighted by Crippen LogP contribution is -2.36. The molecular formula is C14H17NO3S2. The zero-order chi connectivity index (χ0) is 14.5. The molecule has 2 aromatic heterocycles. The molecule has 0 radical (unpaired) electrons. The number of carbonyl (C=O) groups is 2. The zero-order valence-electron chi connectivity index (χ0n) is 11.5. The number of ether oxygens (including phenoxy) is 1. The van der Waals surface area contributed by atoms with Gasteiger partial charge in [-0.2, -0.15) is 0 Å². The first-order chi connectivity index (χ1) is 9.65. The normalized spacial score (nSPS) is 10.7. The van der Waals surface area contributed by atoms with Crippen molar-refractivity contribution in [2.75, 3.05) is 19.7 Å². The minimum atomic E-state index is -0.354. The van der Waals surface area contributed by atoms with Gasteiger partial charge in [0.15, 0.2) is 0 Å². The van der Waals surface area contributed by atoms with Crippen molar-refractivity contribution in [3.8, 4) is 0 Å². The molecule has 108 valence electrons. The van der Waals surface area contributed by atoms with Crippen LogP contribution in [-0.4, -0.2) is 36.5 Å². The number of hydrogen-bond acceptors (Lipinski definition) is 5. The van der Waals surface area contributed by atoms with Crippen molar-refractivity contribution >= 4 is 43.9 Å². The number of nitrogens with zero attached hydrogens (tertiary/aromatic N) is 1. The molecule has 0 aliphatic rings. The van der Waals surface area contributed by atoms with Gasteiger partial charge in [0.1, 0.15) is 6.54 Å². The lowest BCUT2D eigenvalue weighted by Gasteiger charge is -2.20. The van der Waals surface area contributed by atoms with E-state index in [-0.39, 0.29) is 18.4 Å². The van der Waals surface area contributed by atoms with E-state index in [1.807, 2.05) is 24.4 Å². The lowest BCUT2D eigenvalue weighted by atomic mass is 10.3. The van der Waals surface area contributed by atoms with Gasteiger partial charge in [0.05, 0.1) is 11.5 Å². The van der Waals surface area contributed by atoms with Crippen LogP contribution in [0.25, 0.3) is 9.40 Å². The Morgan fingerprint density at radius 1 is 1.30 bits per heavy atom. The maximum absolute atomic E-state index is 12.5. The molecule has 1 amide bonds. The van der Waals surface area contributed by atoms with Crippen LogP contribution in [0.15, 0.2) is 17.5 Å². The quantitative estimate of drug-likeness (QED) is 0.768. The molecule has 0 bridgehead atoms. The summed E-state index contributed by atoms with van der Waals surface area (Å²) in [5.74, 6) is -0.444. The first kappa shape index (κ1) is 15.0. The highest BCUT2D eigenvalue weighted by atomic mass is 32.1. The Bertz CT molecular complexity index is 574. The van der Waals surface area contributed by atoms with Gasteiger partial charge in [0.2, 0.25) is 0 Å². The molecular weight excluding hydrogens is 294 g/mol. The highest BCUT2D eigenvalue weighted by Gasteiger charge is 2.20. The maximum Gasteiger partial charge on any atom is 0.325 e. The Hall–Kier alpha value is -1.40. The van der Waals surface area contributed by atoms with E-state index in [2.05, 4.69) is 0 Å². The fraction of sp³-hybridized carbons (Fsp3) is 0.429. The minimum absolute atomic E-state index is 0.0199. The van der Waals surface area contributed by atoms with Crippen LogP contribution in [0.2, 0.25) is 0 Å². The Balaban J connectivity index is 2.13. The van der Waals surface area contributed by atoms with Crippen LogP contribution in [0.5, 0.6) is 0 Å². The summed E-state index contributed by atoms with van der Waals surface area (Å²) in [4.78, 5) is 26.3. The summed E-state index contributed by atoms with van der Waals surface area (Å²) in [6.45, 7) is 4.66. The van der Waals surface area contributed by atoms with Gasteiger partial charge in [0, 0.05) is 15.9 Å². The van der Waals surface area contributed by atoms with E-state index in [0.29, 0.717) is 18.0 Å². The number of rotatable bonds is 6. The second kappa shape index (κ2) is 6.85. The third kappa shape index (κ3) is 3.37. The zero-order valence-corrected chi connectivity index (χ0v) is 13.2. The summed E-state index contributed by atoms with van der Waals surface area (Å²) in [5.41, 5.74) is 0. The monoisotopic (exact) mass is 311 g/mol. The van der Waals surface area contributed by atoms with Crippen molar-refractivity contribution < 1.29 is 14.3 Å². The molecule has 2 rings (SSSR count). The van der Waals surface area contributed by atoms with Crippen molar-refractivity contribution in [1.29, 1.82) is 0 Å². The van der Waals surface area contributed by atoms with Crippen molar-refractivity contribution in [1.82, 2.24) is 4.90 Å². The summed E-state index contributed by atoms with van der Waals surface area (Å²) >= 11 is 3.09. The van der Waals surface area contributed by atoms with Crippen molar-refractivity contribution in [3.63, 3.8) is 0 Å². The molecule has 0 aliphatic heterocycles. The third-order valence-corrected chi connectivity index (χ3v) is 4.84. The first-order valence-electron chi connectivity index (χ1n) is 6.57. The Morgan fingerprint density at radius 3 is 2.75 bits per heavy atom. The summed E-state index contributed by atoms with van der Waals surface area (Å²) in [7, 11) is 0. The molecule has 6 heteroatoms. The lowest BCUT2D eigenvalue weighted by molar-refractivity contribution is -0.143. The van der Waals surface area contributed by atoms with Gasteiger partial charge in [-0.3, -0.25) is 9.59 Å². The molecule has 0 spiro atoms. The highest BCUT2D eigenvalue weighted by molar-refractivity contribution is 7.27. The average Bonchev–Trinajstić information content (AvgIpc) is 2.98. The molecule has 0 aliphatic carbocycles. The van der Waals surface area contributed by atoms with E-state index >= 15 is 0 Å². The molecule has 2 heterocycles. The second-order valence-corrected chi connectivity index (χ2v) is 6.32. The summed E-state index contributed by atoms with van der Waals surface area (Å²) in [6, 6.07) is 3.91. The van der Waals surface area contributed by atoms with E-state index in [4.69, 9.17) is 4.74 Å². The number of esters is 1. The molecule has 0 saturated carbocycles. The van der Waals surface area contributed by atoms with Crippen LogP contribution in [0.1, 0.15) is 29.9 Å². The first-order valence-corrected chi connectivity index (χ1v) is 8.27. The van der Waals surface area contributed by atoms with Gasteiger partial charge in [-0.25, -0.2) is 0 Å². The molecule has 0 N–H and O–H groups in total. The fourth-order valence-electron chi connectivity index (χ4n) is 1.91. The predicted molar refractivity (Wildman–Crippen MR) is 82.5 cm³/mol. The fourth-order valence-corrected chi connectivity index (χ4v) is 3.99. The summed E-state index contributed by atoms with van der Waals surface area (Å²) < 4.78 is 7.15. The topological polar surface area (TPSA) is 46.6 Å². The van der Waals surface area contributed by atoms with Gasteiger partial charge >= 0.3 is 5.97 Å². The van der Waals surface area contributed by atoms with Crippen LogP contribution in [-0.2, 0) is 9.53 Å². The number of fused-ring (bicyclic) bond motifs is 1. The Morgan fingerprint density at radius 2 is 2.10 bits per heavy atom. The Kier molecular flexibility index (Phi) is 5.14. The molecule has 4 nitrogen and oxygen atoms in total. The van der Waals surface area contributed by atoms with Crippen LogP contribution < -0.4 is 0 Å². The van der Waals surface area contributed by atoms with Gasteiger partial charge in [-0.1, -0.05) is 6.92 Å². The summed E-state index contributed by atoms with van der Waals surface area (Å²) in [5, 5.41) is 2.01. The molecule has 2 aromatic rings. The minimum Gasteiger partial charge on any atom is -0.465 e. The molecule has 0 saturated heterocycles. The maximum atomic E-state index is 12.5. The number of thiophene rings is 2. The largest absolute Gasteiger partial charge is 0.465 e. The van der Waals surface area contributed by atoms with Gasteiger partial charge < -0.3 is 9.64 Å². The highest BCUT2D eigenvalue weighted by Crippen LogP contribution is 2.30. The van der Waals surface area contributed by atoms with E-state index in [9.17, 15) is 9.59 Å². The third-order valence-electron chi connectivity index (χ3n) is 2.76. The molecule has 20 heavy (non-hydrogen) atoms. The van der Waals surface area contributed by atoms with Crippen LogP contribution in [0.4, 0.5) is 0 Å². The second-order valence-electron chi connectivity index (χ2n) is 4.29. The van der Waals surface area contributed by atoms with Crippen LogP contribution in [0, 0.1) is 0 Å². The molecule has 0 atom stereocenters. The molecule has 0 fully saturated rings. The number of hydrogen-bond donors (Lipinski definition) is 0. The van der Waals surface area contributed by atoms with Gasteiger partial charge in [0.25, 0.3) is 5.91 Å². The standard InChI is InChI=1S/C14H17NO3S2/c1-3-6-15(9-13(16)18-4-2)14(17)12-8-11-10(20-12)5-7-19-11/h5,7-8H,3-4,6,9H2,1-2H3. The number of amides is 1. The average molecular weight is 311 g/mol. The predicted octanol–water partition coefficient (Wildman–Crippen LogP) is 3.38. The van der Waals surface area contributed by atoms with E-state index in [0.717, 1.165) is 15.8 Å². The van der Waals surface area contributed by atoms with E-state index < -0.39 is 0 Å².